The van der Waals surface area contributed by atoms with Crippen LogP contribution in [0.5, 0.6) is 0 Å². The van der Waals surface area contributed by atoms with Crippen molar-refractivity contribution in [1.82, 2.24) is 0 Å². The molecule has 1 fully saturated rings. The zero-order chi connectivity index (χ0) is 6.69. The van der Waals surface area contributed by atoms with Crippen molar-refractivity contribution in [2.75, 3.05) is 13.2 Å². The molecule has 62 valence electrons. The molecular formula is C7H15ClFN. The molecule has 0 heterocycles. The van der Waals surface area contributed by atoms with Crippen LogP contribution in [0.3, 0.4) is 0 Å². The van der Waals surface area contributed by atoms with Crippen LogP contribution in [0.4, 0.5) is 4.39 Å². The summed E-state index contributed by atoms with van der Waals surface area (Å²) < 4.78 is 12.1. The Kier molecular flexibility index (Phi) is 5.00. The molecule has 1 saturated carbocycles. The van der Waals surface area contributed by atoms with Gasteiger partial charge in [0, 0.05) is 0 Å². The molecule has 0 aromatic heterocycles. The summed E-state index contributed by atoms with van der Waals surface area (Å²) in [5.41, 5.74) is 5.43. The summed E-state index contributed by atoms with van der Waals surface area (Å²) in [7, 11) is 0. The van der Waals surface area contributed by atoms with Gasteiger partial charge in [-0.05, 0) is 31.2 Å². The van der Waals surface area contributed by atoms with E-state index in [0.29, 0.717) is 12.5 Å². The highest BCUT2D eigenvalue weighted by Crippen LogP contribution is 2.30. The maximum atomic E-state index is 12.1. The molecule has 1 aliphatic carbocycles. The SMILES string of the molecule is Cl.NC[C@@H]1CCC[C@H]1CF. The van der Waals surface area contributed by atoms with Gasteiger partial charge in [0.15, 0.2) is 0 Å². The van der Waals surface area contributed by atoms with E-state index >= 15 is 0 Å². The second-order valence-electron chi connectivity index (χ2n) is 2.84. The maximum absolute atomic E-state index is 12.1. The quantitative estimate of drug-likeness (QED) is 0.667. The average molecular weight is 168 g/mol. The first-order valence-electron chi connectivity index (χ1n) is 3.64. The van der Waals surface area contributed by atoms with Gasteiger partial charge in [0.05, 0.1) is 6.67 Å². The summed E-state index contributed by atoms with van der Waals surface area (Å²) in [6.07, 6.45) is 3.37. The van der Waals surface area contributed by atoms with Gasteiger partial charge in [-0.25, -0.2) is 0 Å². The van der Waals surface area contributed by atoms with Crippen molar-refractivity contribution in [1.29, 1.82) is 0 Å². The third kappa shape index (κ3) is 2.10. The van der Waals surface area contributed by atoms with Crippen molar-refractivity contribution in [3.63, 3.8) is 0 Å². The molecule has 0 aromatic carbocycles. The van der Waals surface area contributed by atoms with Crippen molar-refractivity contribution in [2.24, 2.45) is 17.6 Å². The van der Waals surface area contributed by atoms with E-state index in [0.717, 1.165) is 12.8 Å². The first-order chi connectivity index (χ1) is 4.38. The fourth-order valence-corrected chi connectivity index (χ4v) is 1.63. The molecule has 0 saturated heterocycles. The van der Waals surface area contributed by atoms with Crippen LogP contribution in [-0.2, 0) is 0 Å². The van der Waals surface area contributed by atoms with E-state index in [-0.39, 0.29) is 25.0 Å². The van der Waals surface area contributed by atoms with E-state index in [1.54, 1.807) is 0 Å². The van der Waals surface area contributed by atoms with Gasteiger partial charge in [-0.15, -0.1) is 12.4 Å². The van der Waals surface area contributed by atoms with Gasteiger partial charge in [0.25, 0.3) is 0 Å². The number of hydrogen-bond acceptors (Lipinski definition) is 1. The van der Waals surface area contributed by atoms with Crippen LogP contribution in [0.2, 0.25) is 0 Å². The molecule has 10 heavy (non-hydrogen) atoms. The fraction of sp³-hybridized carbons (Fsp3) is 1.00. The third-order valence-corrected chi connectivity index (χ3v) is 2.32. The van der Waals surface area contributed by atoms with Gasteiger partial charge in [-0.2, -0.15) is 0 Å². The molecule has 0 aliphatic heterocycles. The lowest BCUT2D eigenvalue weighted by molar-refractivity contribution is 0.299. The van der Waals surface area contributed by atoms with Gasteiger partial charge in [-0.1, -0.05) is 6.42 Å². The number of hydrogen-bond donors (Lipinski definition) is 1. The lowest BCUT2D eigenvalue weighted by Gasteiger charge is -2.12. The summed E-state index contributed by atoms with van der Waals surface area (Å²) >= 11 is 0. The summed E-state index contributed by atoms with van der Waals surface area (Å²) in [5, 5.41) is 0. The van der Waals surface area contributed by atoms with Crippen molar-refractivity contribution in [3.8, 4) is 0 Å². The molecule has 3 heteroatoms. The molecule has 0 aromatic rings. The molecule has 0 radical (unpaired) electrons. The Balaban J connectivity index is 0.000000810. The first-order valence-corrected chi connectivity index (χ1v) is 3.64. The van der Waals surface area contributed by atoms with Crippen LogP contribution >= 0.6 is 12.4 Å². The van der Waals surface area contributed by atoms with Crippen LogP contribution in [0.1, 0.15) is 19.3 Å². The number of alkyl halides is 1. The standard InChI is InChI=1S/C7H14FN.ClH/c8-4-6-2-1-3-7(6)5-9;/h6-7H,1-5,9H2;1H/t6-,7-;/m0./s1. The number of rotatable bonds is 2. The molecule has 0 amide bonds. The minimum Gasteiger partial charge on any atom is -0.330 e. The van der Waals surface area contributed by atoms with E-state index in [1.807, 2.05) is 0 Å². The summed E-state index contributed by atoms with van der Waals surface area (Å²) in [6, 6.07) is 0. The molecular weight excluding hydrogens is 153 g/mol. The molecule has 1 nitrogen and oxygen atoms in total. The Hall–Kier alpha value is 0.180. The molecule has 0 bridgehead atoms. The van der Waals surface area contributed by atoms with Gasteiger partial charge >= 0.3 is 0 Å². The molecule has 2 atom stereocenters. The van der Waals surface area contributed by atoms with Crippen LogP contribution < -0.4 is 5.73 Å². The molecule has 2 N–H and O–H groups in total. The third-order valence-electron chi connectivity index (χ3n) is 2.32. The second kappa shape index (κ2) is 4.91. The van der Waals surface area contributed by atoms with E-state index in [9.17, 15) is 4.39 Å². The lowest BCUT2D eigenvalue weighted by Crippen LogP contribution is -2.19. The predicted octanol–water partition coefficient (Wildman–Crippen LogP) is 1.75. The Bertz CT molecular complexity index is 79.7. The highest BCUT2D eigenvalue weighted by Gasteiger charge is 2.25. The number of halogens is 2. The zero-order valence-corrected chi connectivity index (χ0v) is 6.87. The van der Waals surface area contributed by atoms with Gasteiger partial charge < -0.3 is 5.73 Å². The highest BCUT2D eigenvalue weighted by molar-refractivity contribution is 5.85. The van der Waals surface area contributed by atoms with Crippen molar-refractivity contribution < 1.29 is 4.39 Å². The van der Waals surface area contributed by atoms with E-state index < -0.39 is 0 Å². The Morgan fingerprint density at radius 2 is 1.90 bits per heavy atom. The van der Waals surface area contributed by atoms with Crippen LogP contribution in [-0.4, -0.2) is 13.2 Å². The average Bonchev–Trinajstić information content (AvgIpc) is 2.33. The minimum atomic E-state index is -0.165. The maximum Gasteiger partial charge on any atom is 0.0925 e. The highest BCUT2D eigenvalue weighted by atomic mass is 35.5. The van der Waals surface area contributed by atoms with Crippen LogP contribution in [0.25, 0.3) is 0 Å². The summed E-state index contributed by atoms with van der Waals surface area (Å²) in [6.45, 7) is 0.510. The smallest absolute Gasteiger partial charge is 0.0925 e. The Morgan fingerprint density at radius 3 is 2.30 bits per heavy atom. The van der Waals surface area contributed by atoms with Crippen LogP contribution in [0.15, 0.2) is 0 Å². The lowest BCUT2D eigenvalue weighted by atomic mass is 9.98. The predicted molar refractivity (Wildman–Crippen MR) is 43.1 cm³/mol. The van der Waals surface area contributed by atoms with E-state index in [2.05, 4.69) is 0 Å². The second-order valence-corrected chi connectivity index (χ2v) is 2.84. The van der Waals surface area contributed by atoms with Crippen molar-refractivity contribution >= 4 is 12.4 Å². The first kappa shape index (κ1) is 10.2. The Labute approximate surface area is 67.6 Å². The van der Waals surface area contributed by atoms with Gasteiger partial charge in [0.1, 0.15) is 0 Å². The van der Waals surface area contributed by atoms with E-state index in [1.165, 1.54) is 6.42 Å². The largest absolute Gasteiger partial charge is 0.330 e. The minimum absolute atomic E-state index is 0. The molecule has 1 aliphatic rings. The summed E-state index contributed by atoms with van der Waals surface area (Å²) in [4.78, 5) is 0. The molecule has 0 spiro atoms. The topological polar surface area (TPSA) is 26.0 Å². The van der Waals surface area contributed by atoms with Crippen molar-refractivity contribution in [3.05, 3.63) is 0 Å². The summed E-state index contributed by atoms with van der Waals surface area (Å²) in [5.74, 6) is 0.769. The normalized spacial score (nSPS) is 31.8. The number of nitrogens with two attached hydrogens (primary N) is 1. The van der Waals surface area contributed by atoms with E-state index in [4.69, 9.17) is 5.73 Å². The monoisotopic (exact) mass is 167 g/mol. The Morgan fingerprint density at radius 1 is 1.30 bits per heavy atom. The zero-order valence-electron chi connectivity index (χ0n) is 6.05. The van der Waals surface area contributed by atoms with Crippen molar-refractivity contribution in [2.45, 2.75) is 19.3 Å². The molecule has 0 unspecified atom stereocenters. The molecule has 1 rings (SSSR count). The fourth-order valence-electron chi connectivity index (χ4n) is 1.63. The van der Waals surface area contributed by atoms with Crippen LogP contribution in [0, 0.1) is 11.8 Å². The van der Waals surface area contributed by atoms with Gasteiger partial charge in [-0.3, -0.25) is 4.39 Å². The van der Waals surface area contributed by atoms with Gasteiger partial charge in [0.2, 0.25) is 0 Å².